The van der Waals surface area contributed by atoms with E-state index in [0.717, 1.165) is 0 Å². The summed E-state index contributed by atoms with van der Waals surface area (Å²) in [5.41, 5.74) is -0.138. The van der Waals surface area contributed by atoms with Crippen molar-refractivity contribution in [3.8, 4) is 6.07 Å². The molecule has 15 heavy (non-hydrogen) atoms. The zero-order valence-corrected chi connectivity index (χ0v) is 9.02. The molecule has 0 spiro atoms. The van der Waals surface area contributed by atoms with Crippen LogP contribution in [0.4, 0.5) is 5.82 Å². The third kappa shape index (κ3) is 2.64. The Bertz CT molecular complexity index is 381. The minimum Gasteiger partial charge on any atom is -0.391 e. The first-order valence-electron chi connectivity index (χ1n) is 4.65. The molecule has 0 radical (unpaired) electrons. The number of rotatable bonds is 3. The molecule has 5 heteroatoms. The Morgan fingerprint density at radius 2 is 2.27 bits per heavy atom. The average molecular weight is 206 g/mol. The quantitative estimate of drug-likeness (QED) is 0.768. The molecule has 0 aliphatic carbocycles. The molecule has 1 aromatic rings. The minimum atomic E-state index is -0.564. The van der Waals surface area contributed by atoms with Crippen LogP contribution in [-0.4, -0.2) is 26.9 Å². The Balaban J connectivity index is 2.95. The number of hydrogen-bond donors (Lipinski definition) is 2. The smallest absolute Gasteiger partial charge is 0.167 e. The van der Waals surface area contributed by atoms with Crippen LogP contribution in [0.3, 0.4) is 0 Å². The van der Waals surface area contributed by atoms with Gasteiger partial charge >= 0.3 is 0 Å². The van der Waals surface area contributed by atoms with Gasteiger partial charge in [0.25, 0.3) is 0 Å². The van der Waals surface area contributed by atoms with Crippen molar-refractivity contribution in [2.75, 3.05) is 5.32 Å². The second kappa shape index (κ2) is 4.24. The molecule has 1 unspecified atom stereocenters. The second-order valence-electron chi connectivity index (χ2n) is 3.93. The minimum absolute atomic E-state index is 0.394. The monoisotopic (exact) mass is 206 g/mol. The number of nitrogens with zero attached hydrogens (tertiary/aromatic N) is 3. The van der Waals surface area contributed by atoms with Gasteiger partial charge in [0.2, 0.25) is 0 Å². The zero-order chi connectivity index (χ0) is 11.5. The fraction of sp³-hybridized carbons (Fsp3) is 0.500. The van der Waals surface area contributed by atoms with E-state index in [2.05, 4.69) is 15.5 Å². The van der Waals surface area contributed by atoms with Crippen molar-refractivity contribution in [1.82, 2.24) is 10.2 Å². The molecule has 1 heterocycles. The zero-order valence-electron chi connectivity index (χ0n) is 9.02. The van der Waals surface area contributed by atoms with E-state index in [1.807, 2.05) is 19.9 Å². The van der Waals surface area contributed by atoms with E-state index in [9.17, 15) is 5.11 Å². The van der Waals surface area contributed by atoms with Gasteiger partial charge in [-0.15, -0.1) is 5.10 Å². The van der Waals surface area contributed by atoms with Gasteiger partial charge in [-0.25, -0.2) is 0 Å². The average Bonchev–Trinajstić information content (AvgIpc) is 2.18. The van der Waals surface area contributed by atoms with E-state index in [-0.39, 0.29) is 0 Å². The van der Waals surface area contributed by atoms with Gasteiger partial charge in [-0.2, -0.15) is 10.4 Å². The highest BCUT2D eigenvalue weighted by atomic mass is 16.3. The van der Waals surface area contributed by atoms with Gasteiger partial charge in [0.05, 0.1) is 23.4 Å². The van der Waals surface area contributed by atoms with Gasteiger partial charge in [0.15, 0.2) is 5.82 Å². The lowest BCUT2D eigenvalue weighted by molar-refractivity contribution is 0.133. The Morgan fingerprint density at radius 3 is 2.80 bits per heavy atom. The number of hydrogen-bond acceptors (Lipinski definition) is 5. The lowest BCUT2D eigenvalue weighted by atomic mass is 9.98. The molecular weight excluding hydrogens is 192 g/mol. The van der Waals surface area contributed by atoms with Gasteiger partial charge in [-0.3, -0.25) is 0 Å². The molecule has 5 nitrogen and oxygen atoms in total. The molecule has 1 rings (SSSR count). The predicted molar refractivity (Wildman–Crippen MR) is 56.1 cm³/mol. The van der Waals surface area contributed by atoms with E-state index in [1.165, 1.54) is 6.20 Å². The van der Waals surface area contributed by atoms with Crippen molar-refractivity contribution in [3.05, 3.63) is 17.8 Å². The van der Waals surface area contributed by atoms with Crippen LogP contribution in [-0.2, 0) is 0 Å². The van der Waals surface area contributed by atoms with E-state index >= 15 is 0 Å². The van der Waals surface area contributed by atoms with Crippen LogP contribution in [0.1, 0.15) is 26.3 Å². The van der Waals surface area contributed by atoms with Gasteiger partial charge in [0, 0.05) is 0 Å². The maximum atomic E-state index is 9.51. The van der Waals surface area contributed by atoms with Gasteiger partial charge in [-0.05, 0) is 26.8 Å². The first kappa shape index (κ1) is 11.4. The predicted octanol–water partition coefficient (Wildman–Crippen LogP) is 0.920. The van der Waals surface area contributed by atoms with Gasteiger partial charge in [-0.1, -0.05) is 0 Å². The maximum Gasteiger partial charge on any atom is 0.167 e. The third-order valence-electron chi connectivity index (χ3n) is 2.33. The fourth-order valence-electron chi connectivity index (χ4n) is 0.924. The highest BCUT2D eigenvalue weighted by molar-refractivity contribution is 5.51. The summed E-state index contributed by atoms with van der Waals surface area (Å²) in [6, 6.07) is 3.59. The van der Waals surface area contributed by atoms with Gasteiger partial charge < -0.3 is 10.4 Å². The van der Waals surface area contributed by atoms with Crippen molar-refractivity contribution >= 4 is 5.82 Å². The normalized spacial score (nSPS) is 13.0. The van der Waals surface area contributed by atoms with Crippen LogP contribution >= 0.6 is 0 Å². The first-order chi connectivity index (χ1) is 6.97. The molecule has 2 N–H and O–H groups in total. The fourth-order valence-corrected chi connectivity index (χ4v) is 0.924. The number of aliphatic hydroxyl groups is 1. The summed E-state index contributed by atoms with van der Waals surface area (Å²) in [4.78, 5) is 0. The van der Waals surface area contributed by atoms with Crippen LogP contribution in [0.5, 0.6) is 0 Å². The molecule has 0 fully saturated rings. The van der Waals surface area contributed by atoms with Crippen LogP contribution in [0.15, 0.2) is 12.3 Å². The summed E-state index contributed by atoms with van der Waals surface area (Å²) in [5.74, 6) is 0.394. The van der Waals surface area contributed by atoms with Gasteiger partial charge in [0.1, 0.15) is 6.07 Å². The maximum absolute atomic E-state index is 9.51. The van der Waals surface area contributed by atoms with Crippen LogP contribution < -0.4 is 5.32 Å². The standard InChI is InChI=1S/C10H14N4O/c1-7(15)10(2,3)13-9-8(6-11)4-5-12-14-9/h4-5,7,15H,1-3H3,(H,13,14). The van der Waals surface area contributed by atoms with Crippen LogP contribution in [0, 0.1) is 11.3 Å². The summed E-state index contributed by atoms with van der Waals surface area (Å²) in [6.45, 7) is 5.33. The highest BCUT2D eigenvalue weighted by Gasteiger charge is 2.25. The first-order valence-corrected chi connectivity index (χ1v) is 4.65. The number of anilines is 1. The molecule has 0 saturated heterocycles. The van der Waals surface area contributed by atoms with Crippen molar-refractivity contribution in [2.24, 2.45) is 0 Å². The summed E-state index contributed by atoms with van der Waals surface area (Å²) in [6.07, 6.45) is 0.894. The van der Waals surface area contributed by atoms with E-state index in [1.54, 1.807) is 13.0 Å². The number of nitriles is 1. The Labute approximate surface area is 88.8 Å². The SMILES string of the molecule is CC(O)C(C)(C)Nc1nnccc1C#N. The highest BCUT2D eigenvalue weighted by Crippen LogP contribution is 2.18. The Morgan fingerprint density at radius 1 is 1.60 bits per heavy atom. The largest absolute Gasteiger partial charge is 0.391 e. The third-order valence-corrected chi connectivity index (χ3v) is 2.33. The van der Waals surface area contributed by atoms with Crippen molar-refractivity contribution in [3.63, 3.8) is 0 Å². The molecule has 0 aromatic carbocycles. The number of aromatic nitrogens is 2. The molecule has 0 aliphatic rings. The van der Waals surface area contributed by atoms with Crippen LogP contribution in [0.25, 0.3) is 0 Å². The second-order valence-corrected chi connectivity index (χ2v) is 3.93. The van der Waals surface area contributed by atoms with Crippen molar-refractivity contribution in [1.29, 1.82) is 5.26 Å². The number of aliphatic hydroxyl groups excluding tert-OH is 1. The van der Waals surface area contributed by atoms with Crippen LogP contribution in [0.2, 0.25) is 0 Å². The van der Waals surface area contributed by atoms with Crippen molar-refractivity contribution in [2.45, 2.75) is 32.4 Å². The Hall–Kier alpha value is -1.67. The molecule has 0 bridgehead atoms. The summed E-state index contributed by atoms with van der Waals surface area (Å²) >= 11 is 0. The molecule has 80 valence electrons. The molecule has 0 amide bonds. The molecule has 1 aromatic heterocycles. The molecule has 1 atom stereocenters. The molecule has 0 saturated carbocycles. The van der Waals surface area contributed by atoms with Crippen molar-refractivity contribution < 1.29 is 5.11 Å². The van der Waals surface area contributed by atoms with E-state index in [4.69, 9.17) is 5.26 Å². The summed E-state index contributed by atoms with van der Waals surface area (Å²) < 4.78 is 0. The molecule has 0 aliphatic heterocycles. The summed E-state index contributed by atoms with van der Waals surface area (Å²) in [5, 5.41) is 28.9. The van der Waals surface area contributed by atoms with E-state index < -0.39 is 11.6 Å². The van der Waals surface area contributed by atoms with E-state index in [0.29, 0.717) is 11.4 Å². The lowest BCUT2D eigenvalue weighted by Crippen LogP contribution is -2.42. The Kier molecular flexibility index (Phi) is 3.22. The number of nitrogens with one attached hydrogen (secondary N) is 1. The lowest BCUT2D eigenvalue weighted by Gasteiger charge is -2.29. The topological polar surface area (TPSA) is 81.8 Å². The summed E-state index contributed by atoms with van der Waals surface area (Å²) in [7, 11) is 0. The molecular formula is C10H14N4O.